The molecule has 3 nitrogen and oxygen atoms in total. The van der Waals surface area contributed by atoms with E-state index in [0.29, 0.717) is 17.7 Å². The van der Waals surface area contributed by atoms with Crippen molar-refractivity contribution in [3.05, 3.63) is 23.5 Å². The maximum absolute atomic E-state index is 5.96. The lowest BCUT2D eigenvalue weighted by Gasteiger charge is -2.17. The van der Waals surface area contributed by atoms with Crippen molar-refractivity contribution in [3.63, 3.8) is 0 Å². The van der Waals surface area contributed by atoms with E-state index in [2.05, 4.69) is 17.2 Å². The monoisotopic (exact) mass is 214 g/mol. The van der Waals surface area contributed by atoms with Crippen molar-refractivity contribution in [2.24, 2.45) is 0 Å². The summed E-state index contributed by atoms with van der Waals surface area (Å²) in [5, 5.41) is 3.94. The normalized spacial score (nSPS) is 12.5. The van der Waals surface area contributed by atoms with E-state index in [1.54, 1.807) is 19.5 Å². The zero-order valence-corrected chi connectivity index (χ0v) is 9.21. The summed E-state index contributed by atoms with van der Waals surface area (Å²) in [6.45, 7) is 2.78. The van der Waals surface area contributed by atoms with Gasteiger partial charge in [-0.25, -0.2) is 0 Å². The molecular weight excluding hydrogens is 200 g/mol. The van der Waals surface area contributed by atoms with Gasteiger partial charge in [0.2, 0.25) is 0 Å². The average Bonchev–Trinajstić information content (AvgIpc) is 2.20. The Morgan fingerprint density at radius 3 is 3.00 bits per heavy atom. The summed E-state index contributed by atoms with van der Waals surface area (Å²) in [7, 11) is 1.69. The number of aromatic nitrogens is 1. The molecule has 4 heteroatoms. The molecule has 1 atom stereocenters. The molecule has 1 heterocycles. The number of nitrogens with zero attached hydrogens (tertiary/aromatic N) is 1. The topological polar surface area (TPSA) is 34.1 Å². The molecule has 0 fully saturated rings. The van der Waals surface area contributed by atoms with E-state index in [1.807, 2.05) is 6.07 Å². The Kier molecular flexibility index (Phi) is 4.70. The second-order valence-electron chi connectivity index (χ2n) is 3.06. The highest BCUT2D eigenvalue weighted by atomic mass is 35.5. The lowest BCUT2D eigenvalue weighted by Crippen LogP contribution is -2.23. The molecule has 0 aliphatic heterocycles. The number of ether oxygens (including phenoxy) is 1. The Morgan fingerprint density at radius 1 is 1.64 bits per heavy atom. The van der Waals surface area contributed by atoms with Gasteiger partial charge in [0.25, 0.3) is 0 Å². The van der Waals surface area contributed by atoms with Crippen LogP contribution in [0.1, 0.15) is 13.3 Å². The zero-order chi connectivity index (χ0) is 10.4. The molecule has 0 amide bonds. The summed E-state index contributed by atoms with van der Waals surface area (Å²) in [5.74, 6) is 0. The van der Waals surface area contributed by atoms with Gasteiger partial charge in [0.15, 0.2) is 0 Å². The van der Waals surface area contributed by atoms with Gasteiger partial charge in [-0.3, -0.25) is 4.98 Å². The second kappa shape index (κ2) is 5.83. The van der Waals surface area contributed by atoms with Crippen LogP contribution >= 0.6 is 11.6 Å². The van der Waals surface area contributed by atoms with Crippen LogP contribution in [0.25, 0.3) is 0 Å². The van der Waals surface area contributed by atoms with Crippen molar-refractivity contribution < 1.29 is 4.74 Å². The van der Waals surface area contributed by atoms with Crippen LogP contribution in [-0.2, 0) is 4.74 Å². The van der Waals surface area contributed by atoms with Gasteiger partial charge >= 0.3 is 0 Å². The molecule has 0 aliphatic carbocycles. The summed E-state index contributed by atoms with van der Waals surface area (Å²) < 4.78 is 5.09. The van der Waals surface area contributed by atoms with Gasteiger partial charge in [-0.05, 0) is 12.5 Å². The molecule has 1 rings (SSSR count). The fraction of sp³-hybridized carbons (Fsp3) is 0.500. The van der Waals surface area contributed by atoms with Crippen molar-refractivity contribution in [2.45, 2.75) is 19.4 Å². The van der Waals surface area contributed by atoms with Crippen LogP contribution < -0.4 is 5.32 Å². The van der Waals surface area contributed by atoms with E-state index in [9.17, 15) is 0 Å². The highest BCUT2D eigenvalue weighted by molar-refractivity contribution is 6.33. The van der Waals surface area contributed by atoms with Gasteiger partial charge in [-0.1, -0.05) is 18.5 Å². The van der Waals surface area contributed by atoms with E-state index in [-0.39, 0.29) is 0 Å². The maximum Gasteiger partial charge on any atom is 0.0820 e. The Hall–Kier alpha value is -0.800. The van der Waals surface area contributed by atoms with Gasteiger partial charge < -0.3 is 10.1 Å². The molecule has 0 bridgehead atoms. The molecule has 1 unspecified atom stereocenters. The SMILES string of the molecule is CCC(COC)Nc1ccncc1Cl. The first-order valence-corrected chi connectivity index (χ1v) is 5.00. The summed E-state index contributed by atoms with van der Waals surface area (Å²) in [6.07, 6.45) is 4.34. The largest absolute Gasteiger partial charge is 0.383 e. The van der Waals surface area contributed by atoms with Crippen LogP contribution in [0.15, 0.2) is 18.5 Å². The minimum atomic E-state index is 0.292. The van der Waals surface area contributed by atoms with E-state index < -0.39 is 0 Å². The summed E-state index contributed by atoms with van der Waals surface area (Å²) in [4.78, 5) is 3.92. The molecule has 1 N–H and O–H groups in total. The number of hydrogen-bond donors (Lipinski definition) is 1. The Morgan fingerprint density at radius 2 is 2.43 bits per heavy atom. The molecular formula is C10H15ClN2O. The lowest BCUT2D eigenvalue weighted by molar-refractivity contribution is 0.184. The first kappa shape index (κ1) is 11.3. The third-order valence-electron chi connectivity index (χ3n) is 1.99. The van der Waals surface area contributed by atoms with Crippen LogP contribution in [0.5, 0.6) is 0 Å². The van der Waals surface area contributed by atoms with E-state index in [1.165, 1.54) is 0 Å². The van der Waals surface area contributed by atoms with Crippen molar-refractivity contribution >= 4 is 17.3 Å². The molecule has 1 aromatic heterocycles. The molecule has 0 radical (unpaired) electrons. The number of anilines is 1. The third kappa shape index (κ3) is 3.16. The number of hydrogen-bond acceptors (Lipinski definition) is 3. The summed E-state index contributed by atoms with van der Waals surface area (Å²) in [5.41, 5.74) is 0.908. The summed E-state index contributed by atoms with van der Waals surface area (Å²) in [6, 6.07) is 2.15. The molecule has 14 heavy (non-hydrogen) atoms. The molecule has 0 aliphatic rings. The minimum absolute atomic E-state index is 0.292. The Bertz CT molecular complexity index is 281. The zero-order valence-electron chi connectivity index (χ0n) is 8.46. The molecule has 0 spiro atoms. The Labute approximate surface area is 89.4 Å². The van der Waals surface area contributed by atoms with Crippen LogP contribution in [-0.4, -0.2) is 24.7 Å². The van der Waals surface area contributed by atoms with Crippen LogP contribution in [0, 0.1) is 0 Å². The number of halogens is 1. The first-order valence-electron chi connectivity index (χ1n) is 4.63. The lowest BCUT2D eigenvalue weighted by atomic mass is 10.2. The first-order chi connectivity index (χ1) is 6.77. The van der Waals surface area contributed by atoms with Crippen molar-refractivity contribution in [3.8, 4) is 0 Å². The quantitative estimate of drug-likeness (QED) is 0.818. The average molecular weight is 215 g/mol. The highest BCUT2D eigenvalue weighted by Crippen LogP contribution is 2.20. The van der Waals surface area contributed by atoms with Crippen molar-refractivity contribution in [2.75, 3.05) is 19.0 Å². The predicted molar refractivity (Wildman–Crippen MR) is 58.8 cm³/mol. The van der Waals surface area contributed by atoms with Crippen LogP contribution in [0.3, 0.4) is 0 Å². The standard InChI is InChI=1S/C10H15ClN2O/c1-3-8(7-14-2)13-10-4-5-12-6-9(10)11/h4-6,8H,3,7H2,1-2H3,(H,12,13). The van der Waals surface area contributed by atoms with Crippen molar-refractivity contribution in [1.82, 2.24) is 4.98 Å². The molecule has 1 aromatic rings. The fourth-order valence-electron chi connectivity index (χ4n) is 1.17. The highest BCUT2D eigenvalue weighted by Gasteiger charge is 2.07. The fourth-order valence-corrected chi connectivity index (χ4v) is 1.35. The van der Waals surface area contributed by atoms with Gasteiger partial charge in [-0.2, -0.15) is 0 Å². The van der Waals surface area contributed by atoms with Gasteiger partial charge in [-0.15, -0.1) is 0 Å². The maximum atomic E-state index is 5.96. The molecule has 0 saturated heterocycles. The van der Waals surface area contributed by atoms with Crippen LogP contribution in [0.4, 0.5) is 5.69 Å². The summed E-state index contributed by atoms with van der Waals surface area (Å²) >= 11 is 5.96. The Balaban J connectivity index is 2.62. The van der Waals surface area contributed by atoms with Crippen LogP contribution in [0.2, 0.25) is 5.02 Å². The van der Waals surface area contributed by atoms with Crippen molar-refractivity contribution in [1.29, 1.82) is 0 Å². The van der Waals surface area contributed by atoms with E-state index in [4.69, 9.17) is 16.3 Å². The van der Waals surface area contributed by atoms with Gasteiger partial charge in [0.05, 0.1) is 17.3 Å². The second-order valence-corrected chi connectivity index (χ2v) is 3.47. The smallest absolute Gasteiger partial charge is 0.0820 e. The number of nitrogens with one attached hydrogen (secondary N) is 1. The van der Waals surface area contributed by atoms with Gasteiger partial charge in [0, 0.05) is 25.5 Å². The number of rotatable bonds is 5. The van der Waals surface area contributed by atoms with E-state index >= 15 is 0 Å². The van der Waals surface area contributed by atoms with Gasteiger partial charge in [0.1, 0.15) is 0 Å². The third-order valence-corrected chi connectivity index (χ3v) is 2.29. The molecule has 78 valence electrons. The number of methoxy groups -OCH3 is 1. The predicted octanol–water partition coefficient (Wildman–Crippen LogP) is 2.57. The minimum Gasteiger partial charge on any atom is -0.383 e. The molecule has 0 aromatic carbocycles. The molecule has 0 saturated carbocycles. The van der Waals surface area contributed by atoms with E-state index in [0.717, 1.165) is 12.1 Å². The number of pyridine rings is 1.